The molecule has 3 heterocycles. The number of hydrogen-bond donors (Lipinski definition) is 3. The molecule has 29 heavy (non-hydrogen) atoms. The maximum atomic E-state index is 13.0. The monoisotopic (exact) mass is 397 g/mol. The highest BCUT2D eigenvalue weighted by Gasteiger charge is 2.35. The number of rotatable bonds is 5. The lowest BCUT2D eigenvalue weighted by Crippen LogP contribution is -2.37. The van der Waals surface area contributed by atoms with Crippen LogP contribution in [0.5, 0.6) is 5.75 Å². The smallest absolute Gasteiger partial charge is 0.265 e. The van der Waals surface area contributed by atoms with Gasteiger partial charge in [0.1, 0.15) is 5.75 Å². The van der Waals surface area contributed by atoms with Crippen molar-refractivity contribution in [3.8, 4) is 5.75 Å². The number of aryl methyl sites for hydroxylation is 1. The van der Waals surface area contributed by atoms with E-state index in [-0.39, 0.29) is 29.7 Å². The van der Waals surface area contributed by atoms with E-state index >= 15 is 0 Å². The Hall–Kier alpha value is -2.87. The fourth-order valence-corrected chi connectivity index (χ4v) is 4.04. The summed E-state index contributed by atoms with van der Waals surface area (Å²) in [6, 6.07) is 5.45. The summed E-state index contributed by atoms with van der Waals surface area (Å²) in [6.45, 7) is 5.29. The molecule has 3 N–H and O–H groups in total. The van der Waals surface area contributed by atoms with E-state index in [1.54, 1.807) is 4.68 Å². The van der Waals surface area contributed by atoms with Crippen LogP contribution in [0.4, 0.5) is 5.69 Å². The average molecular weight is 397 g/mol. The van der Waals surface area contributed by atoms with Crippen LogP contribution in [0.3, 0.4) is 0 Å². The van der Waals surface area contributed by atoms with Gasteiger partial charge in [0.2, 0.25) is 5.91 Å². The van der Waals surface area contributed by atoms with E-state index < -0.39 is 6.10 Å². The highest BCUT2D eigenvalue weighted by Crippen LogP contribution is 2.33. The lowest BCUT2D eigenvalue weighted by atomic mass is 9.90. The number of benzene rings is 1. The first-order chi connectivity index (χ1) is 14.0. The van der Waals surface area contributed by atoms with E-state index in [1.165, 1.54) is 0 Å². The lowest BCUT2D eigenvalue weighted by Gasteiger charge is -2.26. The van der Waals surface area contributed by atoms with Crippen LogP contribution < -0.4 is 20.7 Å². The highest BCUT2D eigenvalue weighted by molar-refractivity contribution is 5.97. The van der Waals surface area contributed by atoms with Gasteiger partial charge >= 0.3 is 0 Å². The lowest BCUT2D eigenvalue weighted by molar-refractivity contribution is -0.125. The van der Waals surface area contributed by atoms with Crippen molar-refractivity contribution in [1.82, 2.24) is 20.4 Å². The minimum absolute atomic E-state index is 0.0229. The molecule has 1 aromatic heterocycles. The fraction of sp³-hybridized carbons (Fsp3) is 0.476. The minimum atomic E-state index is -0.479. The van der Waals surface area contributed by atoms with Gasteiger partial charge in [0.25, 0.3) is 5.91 Å². The number of carbonyl (C=O) groups is 2. The molecule has 2 aliphatic rings. The van der Waals surface area contributed by atoms with Crippen molar-refractivity contribution >= 4 is 17.5 Å². The van der Waals surface area contributed by atoms with Crippen molar-refractivity contribution in [1.29, 1.82) is 0 Å². The molecule has 0 spiro atoms. The SMILES string of the molecule is CCC1Oc2cc(C(C)NC(=O)[C@H]3CNC[C@@H]3c3cnn(C)c3)ccc2NC1=O. The van der Waals surface area contributed by atoms with Crippen molar-refractivity contribution in [2.45, 2.75) is 38.3 Å². The van der Waals surface area contributed by atoms with Gasteiger partial charge in [-0.05, 0) is 36.6 Å². The minimum Gasteiger partial charge on any atom is -0.478 e. The molecule has 154 valence electrons. The number of anilines is 1. The van der Waals surface area contributed by atoms with E-state index in [0.717, 1.165) is 17.7 Å². The number of nitrogens with zero attached hydrogens (tertiary/aromatic N) is 2. The van der Waals surface area contributed by atoms with Gasteiger partial charge in [0.05, 0.1) is 23.8 Å². The molecule has 8 nitrogen and oxygen atoms in total. The Morgan fingerprint density at radius 3 is 2.97 bits per heavy atom. The van der Waals surface area contributed by atoms with Crippen molar-refractivity contribution < 1.29 is 14.3 Å². The molecule has 1 saturated heterocycles. The molecular weight excluding hydrogens is 370 g/mol. The maximum absolute atomic E-state index is 13.0. The van der Waals surface area contributed by atoms with Crippen molar-refractivity contribution in [2.75, 3.05) is 18.4 Å². The van der Waals surface area contributed by atoms with E-state index in [1.807, 2.05) is 51.5 Å². The van der Waals surface area contributed by atoms with Gasteiger partial charge in [0.15, 0.2) is 6.10 Å². The van der Waals surface area contributed by atoms with Crippen LogP contribution in [0, 0.1) is 5.92 Å². The van der Waals surface area contributed by atoms with Crippen LogP contribution >= 0.6 is 0 Å². The first-order valence-corrected chi connectivity index (χ1v) is 10.1. The normalized spacial score (nSPS) is 24.4. The van der Waals surface area contributed by atoms with Crippen LogP contribution in [0.1, 0.15) is 43.4 Å². The first kappa shape index (κ1) is 19.4. The third kappa shape index (κ3) is 3.85. The van der Waals surface area contributed by atoms with Crippen LogP contribution in [-0.4, -0.2) is 40.8 Å². The topological polar surface area (TPSA) is 97.3 Å². The van der Waals surface area contributed by atoms with Crippen molar-refractivity contribution in [3.63, 3.8) is 0 Å². The molecule has 4 rings (SSSR count). The van der Waals surface area contributed by atoms with Crippen molar-refractivity contribution in [3.05, 3.63) is 41.7 Å². The summed E-state index contributed by atoms with van der Waals surface area (Å²) in [4.78, 5) is 24.9. The van der Waals surface area contributed by atoms with E-state index in [0.29, 0.717) is 24.4 Å². The number of nitrogens with one attached hydrogen (secondary N) is 3. The summed E-state index contributed by atoms with van der Waals surface area (Å²) in [7, 11) is 1.88. The van der Waals surface area contributed by atoms with Crippen molar-refractivity contribution in [2.24, 2.45) is 13.0 Å². The Bertz CT molecular complexity index is 925. The zero-order chi connectivity index (χ0) is 20.5. The van der Waals surface area contributed by atoms with Gasteiger partial charge in [0, 0.05) is 32.3 Å². The van der Waals surface area contributed by atoms with Gasteiger partial charge in [-0.3, -0.25) is 14.3 Å². The Kier molecular flexibility index (Phi) is 5.27. The van der Waals surface area contributed by atoms with Gasteiger partial charge in [-0.25, -0.2) is 0 Å². The molecule has 2 amide bonds. The largest absolute Gasteiger partial charge is 0.478 e. The second-order valence-corrected chi connectivity index (χ2v) is 7.81. The number of fused-ring (bicyclic) bond motifs is 1. The molecule has 1 aromatic carbocycles. The Balaban J connectivity index is 1.46. The number of ether oxygens (including phenoxy) is 1. The zero-order valence-corrected chi connectivity index (χ0v) is 16.9. The Morgan fingerprint density at radius 2 is 2.24 bits per heavy atom. The molecule has 8 heteroatoms. The number of aromatic nitrogens is 2. The summed E-state index contributed by atoms with van der Waals surface area (Å²) in [5.74, 6) is 0.521. The molecule has 2 aliphatic heterocycles. The summed E-state index contributed by atoms with van der Waals surface area (Å²) in [6.07, 6.45) is 3.93. The molecule has 0 radical (unpaired) electrons. The van der Waals surface area contributed by atoms with Crippen LogP contribution in [0.2, 0.25) is 0 Å². The first-order valence-electron chi connectivity index (χ1n) is 10.1. The summed E-state index contributed by atoms with van der Waals surface area (Å²) >= 11 is 0. The van der Waals surface area contributed by atoms with E-state index in [4.69, 9.17) is 4.74 Å². The van der Waals surface area contributed by atoms with E-state index in [2.05, 4.69) is 21.0 Å². The molecule has 0 saturated carbocycles. The summed E-state index contributed by atoms with van der Waals surface area (Å²) < 4.78 is 7.59. The molecule has 0 aliphatic carbocycles. The van der Waals surface area contributed by atoms with Crippen LogP contribution in [-0.2, 0) is 16.6 Å². The number of carbonyl (C=O) groups excluding carboxylic acids is 2. The van der Waals surface area contributed by atoms with Gasteiger partial charge in [-0.1, -0.05) is 13.0 Å². The molecule has 4 atom stereocenters. The zero-order valence-electron chi connectivity index (χ0n) is 16.9. The fourth-order valence-electron chi connectivity index (χ4n) is 4.04. The van der Waals surface area contributed by atoms with E-state index in [9.17, 15) is 9.59 Å². The molecule has 0 bridgehead atoms. The molecular formula is C21H27N5O3. The quantitative estimate of drug-likeness (QED) is 0.714. The number of hydrogen-bond acceptors (Lipinski definition) is 5. The van der Waals surface area contributed by atoms with Gasteiger partial charge in [-0.2, -0.15) is 5.10 Å². The average Bonchev–Trinajstić information content (AvgIpc) is 3.35. The molecule has 2 unspecified atom stereocenters. The maximum Gasteiger partial charge on any atom is 0.265 e. The predicted octanol–water partition coefficient (Wildman–Crippen LogP) is 1.71. The summed E-state index contributed by atoms with van der Waals surface area (Å²) in [5.41, 5.74) is 2.68. The Labute approximate surface area is 170 Å². The number of amides is 2. The third-order valence-electron chi connectivity index (χ3n) is 5.76. The third-order valence-corrected chi connectivity index (χ3v) is 5.76. The predicted molar refractivity (Wildman–Crippen MR) is 109 cm³/mol. The molecule has 1 fully saturated rings. The summed E-state index contributed by atoms with van der Waals surface area (Å²) in [5, 5.41) is 13.6. The second kappa shape index (κ2) is 7.87. The van der Waals surface area contributed by atoms with Crippen LogP contribution in [0.25, 0.3) is 0 Å². The standard InChI is InChI=1S/C21H27N5O3/c1-4-18-21(28)25-17-6-5-13(7-19(17)29-18)12(2)24-20(27)16-10-22-9-15(16)14-8-23-26(3)11-14/h5-8,11-12,15-16,18,22H,4,9-10H2,1-3H3,(H,24,27)(H,25,28)/t12?,15-,16+,18?/m1/s1. The molecule has 2 aromatic rings. The second-order valence-electron chi connectivity index (χ2n) is 7.81. The Morgan fingerprint density at radius 1 is 1.41 bits per heavy atom. The van der Waals surface area contributed by atoms with Gasteiger partial charge in [-0.15, -0.1) is 0 Å². The highest BCUT2D eigenvalue weighted by atomic mass is 16.5. The van der Waals surface area contributed by atoms with Crippen LogP contribution in [0.15, 0.2) is 30.6 Å². The van der Waals surface area contributed by atoms with Gasteiger partial charge < -0.3 is 20.7 Å².